The van der Waals surface area contributed by atoms with Crippen molar-refractivity contribution in [3.63, 3.8) is 0 Å². The van der Waals surface area contributed by atoms with Gasteiger partial charge in [0.2, 0.25) is 0 Å². The van der Waals surface area contributed by atoms with E-state index in [4.69, 9.17) is 0 Å². The fourth-order valence-corrected chi connectivity index (χ4v) is 2.78. The predicted molar refractivity (Wildman–Crippen MR) is 56.9 cm³/mol. The van der Waals surface area contributed by atoms with E-state index in [9.17, 15) is 13.2 Å². The molecule has 0 spiro atoms. The fraction of sp³-hybridized carbons (Fsp3) is 0.500. The van der Waals surface area contributed by atoms with Crippen molar-refractivity contribution in [2.24, 2.45) is 0 Å². The van der Waals surface area contributed by atoms with Gasteiger partial charge in [0, 0.05) is 43.3 Å². The largest absolute Gasteiger partial charge is 0.311 e. The van der Waals surface area contributed by atoms with Crippen molar-refractivity contribution in [2.75, 3.05) is 13.1 Å². The summed E-state index contributed by atoms with van der Waals surface area (Å²) in [5.74, 6) is -2.76. The second kappa shape index (κ2) is 3.99. The highest BCUT2D eigenvalue weighted by molar-refractivity contribution is 5.21. The van der Waals surface area contributed by atoms with Crippen LogP contribution in [0.4, 0.5) is 13.2 Å². The Labute approximate surface area is 97.4 Å². The summed E-state index contributed by atoms with van der Waals surface area (Å²) in [6.07, 6.45) is 1.04. The van der Waals surface area contributed by atoms with Gasteiger partial charge >= 0.3 is 0 Å². The Bertz CT molecular complexity index is 450. The van der Waals surface area contributed by atoms with Crippen molar-refractivity contribution in [2.45, 2.75) is 25.0 Å². The number of rotatable bonds is 2. The Morgan fingerprint density at radius 3 is 2.76 bits per heavy atom. The van der Waals surface area contributed by atoms with Crippen LogP contribution in [0, 0.1) is 17.5 Å². The van der Waals surface area contributed by atoms with Crippen LogP contribution in [-0.4, -0.2) is 30.1 Å². The van der Waals surface area contributed by atoms with Gasteiger partial charge in [-0.15, -0.1) is 0 Å². The van der Waals surface area contributed by atoms with E-state index in [-0.39, 0.29) is 12.1 Å². The summed E-state index contributed by atoms with van der Waals surface area (Å²) in [4.78, 5) is 2.08. The van der Waals surface area contributed by atoms with Crippen molar-refractivity contribution < 1.29 is 13.2 Å². The highest BCUT2D eigenvalue weighted by Crippen LogP contribution is 2.26. The summed E-state index contributed by atoms with van der Waals surface area (Å²) in [5.41, 5.74) is 0.107. The minimum atomic E-state index is -1.11. The van der Waals surface area contributed by atoms with Gasteiger partial charge in [-0.05, 0) is 12.5 Å². The number of piperazine rings is 1. The molecule has 2 fully saturated rings. The molecule has 2 aliphatic heterocycles. The standard InChI is InChI=1S/C12H13F3N2/c13-8-1-7(12(15)11(14)2-8)5-17-6-9-3-10(17)4-16-9/h1-2,9-10,16H,3-6H2/t9-,10-/m1/s1. The molecular formula is C12H13F3N2. The summed E-state index contributed by atoms with van der Waals surface area (Å²) in [6, 6.07) is 2.47. The predicted octanol–water partition coefficient (Wildman–Crippen LogP) is 1.65. The molecule has 92 valence electrons. The van der Waals surface area contributed by atoms with Crippen LogP contribution >= 0.6 is 0 Å². The first-order valence-electron chi connectivity index (χ1n) is 5.74. The van der Waals surface area contributed by atoms with Gasteiger partial charge in [-0.2, -0.15) is 0 Å². The average molecular weight is 242 g/mol. The molecule has 0 aliphatic carbocycles. The third-order valence-corrected chi connectivity index (χ3v) is 3.61. The van der Waals surface area contributed by atoms with Gasteiger partial charge in [-0.1, -0.05) is 0 Å². The topological polar surface area (TPSA) is 15.3 Å². The lowest BCUT2D eigenvalue weighted by Crippen LogP contribution is -2.43. The second-order valence-corrected chi connectivity index (χ2v) is 4.78. The third-order valence-electron chi connectivity index (χ3n) is 3.61. The van der Waals surface area contributed by atoms with Crippen molar-refractivity contribution in [1.82, 2.24) is 10.2 Å². The first kappa shape index (κ1) is 11.0. The van der Waals surface area contributed by atoms with Gasteiger partial charge in [0.15, 0.2) is 11.6 Å². The van der Waals surface area contributed by atoms with Gasteiger partial charge < -0.3 is 5.32 Å². The van der Waals surface area contributed by atoms with E-state index in [0.717, 1.165) is 25.6 Å². The molecule has 0 aromatic heterocycles. The number of nitrogens with one attached hydrogen (secondary N) is 1. The molecule has 2 nitrogen and oxygen atoms in total. The second-order valence-electron chi connectivity index (χ2n) is 4.78. The van der Waals surface area contributed by atoms with E-state index in [1.807, 2.05) is 0 Å². The smallest absolute Gasteiger partial charge is 0.163 e. The van der Waals surface area contributed by atoms with Crippen LogP contribution in [0.5, 0.6) is 0 Å². The molecule has 2 aliphatic rings. The Morgan fingerprint density at radius 2 is 2.12 bits per heavy atom. The molecule has 2 atom stereocenters. The van der Waals surface area contributed by atoms with Crippen molar-refractivity contribution in [1.29, 1.82) is 0 Å². The molecule has 0 saturated carbocycles. The number of halogens is 3. The lowest BCUT2D eigenvalue weighted by molar-refractivity contribution is 0.214. The van der Waals surface area contributed by atoms with Crippen LogP contribution in [0.2, 0.25) is 0 Å². The van der Waals surface area contributed by atoms with Crippen LogP contribution in [0.3, 0.4) is 0 Å². The summed E-state index contributed by atoms with van der Waals surface area (Å²) < 4.78 is 39.6. The molecular weight excluding hydrogens is 229 g/mol. The van der Waals surface area contributed by atoms with E-state index in [1.54, 1.807) is 0 Å². The Balaban J connectivity index is 1.81. The Hall–Kier alpha value is -1.07. The quantitative estimate of drug-likeness (QED) is 0.793. The maximum absolute atomic E-state index is 13.5. The molecule has 2 bridgehead atoms. The molecule has 1 aromatic carbocycles. The maximum atomic E-state index is 13.5. The first-order valence-corrected chi connectivity index (χ1v) is 5.74. The molecule has 5 heteroatoms. The monoisotopic (exact) mass is 242 g/mol. The van der Waals surface area contributed by atoms with Gasteiger partial charge in [-0.25, -0.2) is 13.2 Å². The van der Waals surface area contributed by atoms with E-state index in [1.165, 1.54) is 0 Å². The number of hydrogen-bond donors (Lipinski definition) is 1. The molecule has 1 N–H and O–H groups in total. The van der Waals surface area contributed by atoms with Gasteiger partial charge in [0.05, 0.1) is 0 Å². The van der Waals surface area contributed by atoms with Crippen LogP contribution < -0.4 is 5.32 Å². The number of hydrogen-bond acceptors (Lipinski definition) is 2. The van der Waals surface area contributed by atoms with Crippen LogP contribution in [0.25, 0.3) is 0 Å². The summed E-state index contributed by atoms with van der Waals surface area (Å²) in [7, 11) is 0. The number of likely N-dealkylation sites (tertiary alicyclic amines) is 1. The minimum absolute atomic E-state index is 0.107. The van der Waals surface area contributed by atoms with Crippen LogP contribution in [-0.2, 0) is 6.54 Å². The third kappa shape index (κ3) is 1.93. The lowest BCUT2D eigenvalue weighted by atomic mass is 10.1. The van der Waals surface area contributed by atoms with Crippen LogP contribution in [0.15, 0.2) is 12.1 Å². The Kier molecular flexibility index (Phi) is 2.60. The molecule has 2 saturated heterocycles. The zero-order chi connectivity index (χ0) is 12.0. The molecule has 1 aromatic rings. The van der Waals surface area contributed by atoms with Crippen molar-refractivity contribution in [3.8, 4) is 0 Å². The molecule has 0 unspecified atom stereocenters. The van der Waals surface area contributed by atoms with Gasteiger partial charge in [0.1, 0.15) is 5.82 Å². The number of benzene rings is 1. The zero-order valence-corrected chi connectivity index (χ0v) is 9.22. The number of fused-ring (bicyclic) bond motifs is 2. The van der Waals surface area contributed by atoms with Crippen molar-refractivity contribution in [3.05, 3.63) is 35.1 Å². The molecule has 2 heterocycles. The van der Waals surface area contributed by atoms with Crippen molar-refractivity contribution >= 4 is 0 Å². The molecule has 3 rings (SSSR count). The molecule has 17 heavy (non-hydrogen) atoms. The normalized spacial score (nSPS) is 27.9. The van der Waals surface area contributed by atoms with Crippen LogP contribution in [0.1, 0.15) is 12.0 Å². The highest BCUT2D eigenvalue weighted by Gasteiger charge is 2.37. The molecule has 0 radical (unpaired) electrons. The summed E-state index contributed by atoms with van der Waals surface area (Å²) in [5, 5.41) is 3.33. The summed E-state index contributed by atoms with van der Waals surface area (Å²) in [6.45, 7) is 1.98. The maximum Gasteiger partial charge on any atom is 0.163 e. The highest BCUT2D eigenvalue weighted by atomic mass is 19.2. The van der Waals surface area contributed by atoms with E-state index >= 15 is 0 Å². The van der Waals surface area contributed by atoms with E-state index in [0.29, 0.717) is 18.2 Å². The zero-order valence-electron chi connectivity index (χ0n) is 9.22. The lowest BCUT2D eigenvalue weighted by Gasteiger charge is -2.27. The van der Waals surface area contributed by atoms with E-state index in [2.05, 4.69) is 10.2 Å². The van der Waals surface area contributed by atoms with Gasteiger partial charge in [0.25, 0.3) is 0 Å². The first-order chi connectivity index (χ1) is 8.13. The summed E-state index contributed by atoms with van der Waals surface area (Å²) >= 11 is 0. The molecule has 0 amide bonds. The average Bonchev–Trinajstić information content (AvgIpc) is 2.87. The Morgan fingerprint density at radius 1 is 1.29 bits per heavy atom. The fourth-order valence-electron chi connectivity index (χ4n) is 2.78. The van der Waals surface area contributed by atoms with Gasteiger partial charge in [-0.3, -0.25) is 4.90 Å². The minimum Gasteiger partial charge on any atom is -0.311 e. The number of nitrogens with zero attached hydrogens (tertiary/aromatic N) is 1. The van der Waals surface area contributed by atoms with E-state index < -0.39 is 17.5 Å². The SMILES string of the molecule is Fc1cc(F)c(F)c(CN2C[C@H]3C[C@@H]2CN3)c1.